The maximum Gasteiger partial charge on any atom is 0.410 e. The number of unbranched alkanes of at least 4 members (excludes halogenated alkanes) is 1. The molecule has 9 heteroatoms. The Labute approximate surface area is 240 Å². The summed E-state index contributed by atoms with van der Waals surface area (Å²) >= 11 is 0. The molecule has 4 atom stereocenters. The second-order valence-electron chi connectivity index (χ2n) is 12.4. The Morgan fingerprint density at radius 1 is 1.12 bits per heavy atom. The Balaban J connectivity index is 1.77. The van der Waals surface area contributed by atoms with E-state index in [0.717, 1.165) is 12.8 Å². The summed E-state index contributed by atoms with van der Waals surface area (Å²) in [5.74, 6) is 0.370. The van der Waals surface area contributed by atoms with Crippen molar-refractivity contribution in [1.82, 2.24) is 4.90 Å². The van der Waals surface area contributed by atoms with Crippen LogP contribution in [0.15, 0.2) is 65.8 Å². The first-order chi connectivity index (χ1) is 19.1. The van der Waals surface area contributed by atoms with Crippen LogP contribution in [-0.2, 0) is 9.16 Å². The summed E-state index contributed by atoms with van der Waals surface area (Å²) < 4.78 is 13.9. The van der Waals surface area contributed by atoms with Gasteiger partial charge in [-0.3, -0.25) is 4.90 Å². The molecule has 8 nitrogen and oxygen atoms in total. The van der Waals surface area contributed by atoms with Gasteiger partial charge in [-0.1, -0.05) is 93.5 Å². The lowest BCUT2D eigenvalue weighted by Crippen LogP contribution is -2.71. The third-order valence-corrected chi connectivity index (χ3v) is 13.8. The smallest absolute Gasteiger partial charge is 0.410 e. The molecule has 2 fully saturated rings. The Hall–Kier alpha value is -2.84. The molecule has 1 amide bonds. The van der Waals surface area contributed by atoms with Crippen molar-refractivity contribution in [2.24, 2.45) is 16.8 Å². The van der Waals surface area contributed by atoms with E-state index >= 15 is 0 Å². The van der Waals surface area contributed by atoms with Crippen LogP contribution >= 0.6 is 0 Å². The second kappa shape index (κ2) is 12.3. The summed E-state index contributed by atoms with van der Waals surface area (Å²) in [6, 6.07) is 20.6. The third kappa shape index (κ3) is 5.79. The van der Waals surface area contributed by atoms with Crippen LogP contribution in [0, 0.1) is 5.92 Å². The van der Waals surface area contributed by atoms with Crippen LogP contribution in [-0.4, -0.2) is 56.2 Å². The zero-order valence-electron chi connectivity index (χ0n) is 24.6. The minimum Gasteiger partial charge on any atom is -0.438 e. The number of azide groups is 1. The van der Waals surface area contributed by atoms with Crippen molar-refractivity contribution in [3.8, 4) is 0 Å². The number of benzene rings is 2. The molecule has 1 saturated carbocycles. The maximum absolute atomic E-state index is 13.5. The zero-order valence-corrected chi connectivity index (χ0v) is 25.6. The largest absolute Gasteiger partial charge is 0.438 e. The fraction of sp³-hybridized carbons (Fsp3) is 0.581. The van der Waals surface area contributed by atoms with Gasteiger partial charge < -0.3 is 14.9 Å². The SMILES string of the molecule is CC[C@@H](O[Si](c1ccccc1)(c1ccccc1)C(C)(C)C)[C@@]1(C)OC(=O)N(CCCCN=[N+]=[N-])[C@@H]1[C@H](N)C1CC1. The quantitative estimate of drug-likeness (QED) is 0.110. The van der Waals surface area contributed by atoms with E-state index in [1.54, 1.807) is 0 Å². The summed E-state index contributed by atoms with van der Waals surface area (Å²) in [6.07, 6.45) is 3.52. The highest BCUT2D eigenvalue weighted by molar-refractivity contribution is 6.99. The standard InChI is InChI=1S/C31H45N5O3Si/c1-6-26(39-40(30(2,3)4,24-15-9-7-10-16-24)25-17-11-8-12-18-25)31(5)28(27(32)23-19-20-23)36(29(37)38-31)22-14-13-21-34-35-33/h7-12,15-18,23,26-28H,6,13-14,19-22,32H2,1-5H3/t26-,27-,28-,31-/m1/s1. The highest BCUT2D eigenvalue weighted by Gasteiger charge is 2.62. The van der Waals surface area contributed by atoms with Crippen molar-refractivity contribution in [3.63, 3.8) is 0 Å². The van der Waals surface area contributed by atoms with Gasteiger partial charge in [0.1, 0.15) is 0 Å². The van der Waals surface area contributed by atoms with Crippen molar-refractivity contribution in [3.05, 3.63) is 71.1 Å². The fourth-order valence-electron chi connectivity index (χ4n) is 6.57. The summed E-state index contributed by atoms with van der Waals surface area (Å²) in [6.45, 7) is 11.9. The summed E-state index contributed by atoms with van der Waals surface area (Å²) in [4.78, 5) is 18.2. The van der Waals surface area contributed by atoms with Gasteiger partial charge in [-0.05, 0) is 65.9 Å². The summed E-state index contributed by atoms with van der Waals surface area (Å²) in [5, 5.41) is 5.82. The first kappa shape index (κ1) is 30.1. The molecule has 1 aliphatic carbocycles. The van der Waals surface area contributed by atoms with Gasteiger partial charge in [0, 0.05) is 24.0 Å². The van der Waals surface area contributed by atoms with Gasteiger partial charge in [0.05, 0.1) is 12.1 Å². The molecule has 1 saturated heterocycles. The minimum atomic E-state index is -2.91. The van der Waals surface area contributed by atoms with E-state index in [1.165, 1.54) is 10.4 Å². The average Bonchev–Trinajstić information content (AvgIpc) is 3.75. The van der Waals surface area contributed by atoms with Crippen molar-refractivity contribution in [2.75, 3.05) is 13.1 Å². The van der Waals surface area contributed by atoms with Gasteiger partial charge in [-0.15, -0.1) is 0 Å². The van der Waals surface area contributed by atoms with E-state index in [0.29, 0.717) is 38.3 Å². The van der Waals surface area contributed by atoms with Crippen LogP contribution in [0.3, 0.4) is 0 Å². The monoisotopic (exact) mass is 563 g/mol. The van der Waals surface area contributed by atoms with Crippen LogP contribution in [0.5, 0.6) is 0 Å². The molecule has 0 bridgehead atoms. The number of hydrogen-bond donors (Lipinski definition) is 1. The Bertz CT molecular complexity index is 1140. The Kier molecular flexibility index (Phi) is 9.30. The normalized spacial score (nSPS) is 22.9. The molecule has 2 aromatic carbocycles. The van der Waals surface area contributed by atoms with Crippen LogP contribution in [0.1, 0.15) is 66.7 Å². The number of rotatable bonds is 13. The minimum absolute atomic E-state index is 0.203. The van der Waals surface area contributed by atoms with Crippen LogP contribution < -0.4 is 16.1 Å². The molecule has 0 radical (unpaired) electrons. The summed E-state index contributed by atoms with van der Waals surface area (Å²) in [7, 11) is -2.91. The molecule has 2 aromatic rings. The van der Waals surface area contributed by atoms with Crippen molar-refractivity contribution < 1.29 is 14.0 Å². The predicted molar refractivity (Wildman–Crippen MR) is 162 cm³/mol. The number of amides is 1. The average molecular weight is 564 g/mol. The lowest BCUT2D eigenvalue weighted by molar-refractivity contribution is -0.0586. The first-order valence-electron chi connectivity index (χ1n) is 14.6. The van der Waals surface area contributed by atoms with E-state index in [9.17, 15) is 4.79 Å². The zero-order chi connectivity index (χ0) is 29.0. The molecule has 0 unspecified atom stereocenters. The number of ether oxygens (including phenoxy) is 1. The van der Waals surface area contributed by atoms with E-state index in [4.69, 9.17) is 20.4 Å². The summed E-state index contributed by atoms with van der Waals surface area (Å²) in [5.41, 5.74) is 14.6. The lowest BCUT2D eigenvalue weighted by atomic mass is 9.82. The van der Waals surface area contributed by atoms with Gasteiger partial charge >= 0.3 is 6.09 Å². The van der Waals surface area contributed by atoms with Crippen molar-refractivity contribution >= 4 is 24.8 Å². The first-order valence-corrected chi connectivity index (χ1v) is 16.6. The van der Waals surface area contributed by atoms with Gasteiger partial charge in [-0.2, -0.15) is 0 Å². The lowest BCUT2D eigenvalue weighted by Gasteiger charge is -2.49. The predicted octanol–water partition coefficient (Wildman–Crippen LogP) is 5.75. The Morgan fingerprint density at radius 3 is 2.17 bits per heavy atom. The van der Waals surface area contributed by atoms with E-state index in [1.807, 2.05) is 24.0 Å². The number of nitrogens with zero attached hydrogens (tertiary/aromatic N) is 4. The second-order valence-corrected chi connectivity index (χ2v) is 16.7. The molecular formula is C31H45N5O3Si. The van der Waals surface area contributed by atoms with Gasteiger partial charge in [-0.25, -0.2) is 4.79 Å². The number of hydrogen-bond acceptors (Lipinski definition) is 5. The maximum atomic E-state index is 13.5. The number of nitrogens with two attached hydrogens (primary N) is 1. The van der Waals surface area contributed by atoms with Gasteiger partial charge in [0.25, 0.3) is 8.32 Å². The molecule has 4 rings (SSSR count). The third-order valence-electron chi connectivity index (χ3n) is 8.71. The highest BCUT2D eigenvalue weighted by atomic mass is 28.4. The molecule has 216 valence electrons. The number of carbonyl (C=O) groups is 1. The fourth-order valence-corrected chi connectivity index (χ4v) is 11.4. The topological polar surface area (TPSA) is 114 Å². The molecule has 2 N–H and O–H groups in total. The van der Waals surface area contributed by atoms with Gasteiger partial charge in [0.2, 0.25) is 0 Å². The molecule has 0 aromatic heterocycles. The van der Waals surface area contributed by atoms with E-state index in [-0.39, 0.29) is 29.3 Å². The number of carbonyl (C=O) groups excluding carboxylic acids is 1. The molecule has 0 spiro atoms. The number of cyclic esters (lactones) is 1. The van der Waals surface area contributed by atoms with Crippen molar-refractivity contribution in [2.45, 2.75) is 95.5 Å². The molecule has 1 aliphatic heterocycles. The molecule has 40 heavy (non-hydrogen) atoms. The van der Waals surface area contributed by atoms with E-state index < -0.39 is 13.9 Å². The van der Waals surface area contributed by atoms with Crippen LogP contribution in [0.25, 0.3) is 10.4 Å². The van der Waals surface area contributed by atoms with E-state index in [2.05, 4.69) is 86.3 Å². The molecule has 2 aliphatic rings. The molecule has 1 heterocycles. The van der Waals surface area contributed by atoms with Crippen LogP contribution in [0.4, 0.5) is 4.79 Å². The van der Waals surface area contributed by atoms with Gasteiger partial charge in [0.15, 0.2) is 5.60 Å². The molecular weight excluding hydrogens is 518 g/mol. The van der Waals surface area contributed by atoms with Crippen molar-refractivity contribution in [1.29, 1.82) is 0 Å². The van der Waals surface area contributed by atoms with Crippen LogP contribution in [0.2, 0.25) is 5.04 Å². The Morgan fingerprint density at radius 2 is 1.70 bits per heavy atom. The highest BCUT2D eigenvalue weighted by Crippen LogP contribution is 2.46.